The summed E-state index contributed by atoms with van der Waals surface area (Å²) in [6.07, 6.45) is -2.40. The Balaban J connectivity index is 1.58. The first-order valence-corrected chi connectivity index (χ1v) is 7.86. The highest BCUT2D eigenvalue weighted by Gasteiger charge is 2.57. The Labute approximate surface area is 138 Å². The number of alkyl halides is 3. The zero-order valence-electron chi connectivity index (χ0n) is 13.5. The summed E-state index contributed by atoms with van der Waals surface area (Å²) in [5.74, 6) is 0.394. The number of nitrogens with one attached hydrogen (secondary N) is 2. The highest BCUT2D eigenvalue weighted by molar-refractivity contribution is 5.83. The average molecular weight is 343 g/mol. The van der Waals surface area contributed by atoms with Crippen molar-refractivity contribution >= 4 is 5.91 Å². The van der Waals surface area contributed by atoms with E-state index in [2.05, 4.69) is 15.6 Å². The first-order chi connectivity index (χ1) is 11.2. The Hall–Kier alpha value is -1.83. The lowest BCUT2D eigenvalue weighted by molar-refractivity contribution is -0.139. The highest BCUT2D eigenvalue weighted by Crippen LogP contribution is 2.48. The van der Waals surface area contributed by atoms with Crippen molar-refractivity contribution < 1.29 is 22.7 Å². The van der Waals surface area contributed by atoms with Gasteiger partial charge in [0, 0.05) is 12.1 Å². The second kappa shape index (κ2) is 5.91. The van der Waals surface area contributed by atoms with Crippen LogP contribution in [-0.4, -0.2) is 36.1 Å². The number of aromatic nitrogens is 1. The summed E-state index contributed by atoms with van der Waals surface area (Å²) in [7, 11) is 0. The number of nitrogens with zero attached hydrogens (tertiary/aromatic N) is 1. The van der Waals surface area contributed by atoms with Crippen LogP contribution < -0.4 is 15.4 Å². The molecule has 1 unspecified atom stereocenters. The first-order valence-electron chi connectivity index (χ1n) is 7.86. The van der Waals surface area contributed by atoms with E-state index >= 15 is 0 Å². The molecular weight excluding hydrogens is 323 g/mol. The molecule has 0 bridgehead atoms. The number of pyridine rings is 1. The Morgan fingerprint density at radius 2 is 2.04 bits per heavy atom. The molecule has 1 aromatic heterocycles. The van der Waals surface area contributed by atoms with Crippen LogP contribution in [0.1, 0.15) is 19.4 Å². The fourth-order valence-corrected chi connectivity index (χ4v) is 3.25. The van der Waals surface area contributed by atoms with Gasteiger partial charge in [-0.25, -0.2) is 0 Å². The molecule has 8 heteroatoms. The molecule has 2 fully saturated rings. The van der Waals surface area contributed by atoms with E-state index in [1.54, 1.807) is 13.8 Å². The van der Waals surface area contributed by atoms with Gasteiger partial charge in [0.05, 0.1) is 11.7 Å². The minimum absolute atomic E-state index is 0.00894. The van der Waals surface area contributed by atoms with E-state index in [-0.39, 0.29) is 24.2 Å². The molecule has 24 heavy (non-hydrogen) atoms. The van der Waals surface area contributed by atoms with Gasteiger partial charge in [0.2, 0.25) is 5.91 Å². The third-order valence-corrected chi connectivity index (χ3v) is 4.53. The molecule has 0 aromatic carbocycles. The van der Waals surface area contributed by atoms with Crippen molar-refractivity contribution in [3.8, 4) is 5.75 Å². The molecule has 1 saturated heterocycles. The van der Waals surface area contributed by atoms with Gasteiger partial charge in [-0.15, -0.1) is 0 Å². The van der Waals surface area contributed by atoms with Crippen LogP contribution in [0.25, 0.3) is 0 Å². The Morgan fingerprint density at radius 1 is 1.38 bits per heavy atom. The second-order valence-electron chi connectivity index (χ2n) is 7.04. The minimum Gasteiger partial charge on any atom is -0.489 e. The predicted octanol–water partition coefficient (Wildman–Crippen LogP) is 1.84. The SMILES string of the molecule is CC(C)(COc1cnccc1C(F)(F)F)NC(=O)C1[C@H]2CNC[C@@H]12. The monoisotopic (exact) mass is 343 g/mol. The lowest BCUT2D eigenvalue weighted by Crippen LogP contribution is -2.49. The molecule has 0 radical (unpaired) electrons. The maximum atomic E-state index is 12.9. The van der Waals surface area contributed by atoms with Gasteiger partial charge < -0.3 is 15.4 Å². The van der Waals surface area contributed by atoms with E-state index in [0.717, 1.165) is 31.5 Å². The molecule has 1 aliphatic carbocycles. The average Bonchev–Trinajstić information content (AvgIpc) is 2.98. The molecule has 2 heterocycles. The number of piperidine rings is 1. The predicted molar refractivity (Wildman–Crippen MR) is 80.3 cm³/mol. The molecule has 132 valence electrons. The molecule has 3 rings (SSSR count). The fourth-order valence-electron chi connectivity index (χ4n) is 3.25. The van der Waals surface area contributed by atoms with Crippen molar-refractivity contribution in [1.29, 1.82) is 0 Å². The van der Waals surface area contributed by atoms with Gasteiger partial charge in [-0.1, -0.05) is 0 Å². The van der Waals surface area contributed by atoms with Crippen LogP contribution in [0.5, 0.6) is 5.75 Å². The number of hydrogen-bond donors (Lipinski definition) is 2. The maximum Gasteiger partial charge on any atom is 0.420 e. The van der Waals surface area contributed by atoms with Crippen molar-refractivity contribution in [2.45, 2.75) is 25.6 Å². The number of carbonyl (C=O) groups is 1. The van der Waals surface area contributed by atoms with Crippen molar-refractivity contribution in [1.82, 2.24) is 15.6 Å². The van der Waals surface area contributed by atoms with Gasteiger partial charge in [-0.3, -0.25) is 9.78 Å². The molecular formula is C16H20F3N3O2. The third kappa shape index (κ3) is 3.48. The highest BCUT2D eigenvalue weighted by atomic mass is 19.4. The number of rotatable bonds is 5. The van der Waals surface area contributed by atoms with Crippen LogP contribution in [0.15, 0.2) is 18.5 Å². The van der Waals surface area contributed by atoms with E-state index in [1.807, 2.05) is 0 Å². The number of hydrogen-bond acceptors (Lipinski definition) is 4. The van der Waals surface area contributed by atoms with Gasteiger partial charge >= 0.3 is 6.18 Å². The lowest BCUT2D eigenvalue weighted by atomic mass is 10.1. The quantitative estimate of drug-likeness (QED) is 0.856. The Kier molecular flexibility index (Phi) is 4.19. The van der Waals surface area contributed by atoms with E-state index in [9.17, 15) is 18.0 Å². The van der Waals surface area contributed by atoms with Crippen LogP contribution in [0.4, 0.5) is 13.2 Å². The summed E-state index contributed by atoms with van der Waals surface area (Å²) >= 11 is 0. The zero-order chi connectivity index (χ0) is 17.5. The third-order valence-electron chi connectivity index (χ3n) is 4.53. The number of halogens is 3. The standard InChI is InChI=1S/C16H20F3N3O2/c1-15(2,22-14(23)13-9-5-21-6-10(9)13)8-24-12-7-20-4-3-11(12)16(17,18)19/h3-4,7,9-10,13,21H,5-6,8H2,1-2H3,(H,22,23)/t9-,10+,13?. The van der Waals surface area contributed by atoms with Crippen LogP contribution in [0.2, 0.25) is 0 Å². The van der Waals surface area contributed by atoms with E-state index in [4.69, 9.17) is 4.74 Å². The van der Waals surface area contributed by atoms with Crippen molar-refractivity contribution in [2.24, 2.45) is 17.8 Å². The Bertz CT molecular complexity index is 623. The summed E-state index contributed by atoms with van der Waals surface area (Å²) in [5, 5.41) is 6.10. The second-order valence-corrected chi connectivity index (χ2v) is 7.04. The van der Waals surface area contributed by atoms with Gasteiger partial charge in [-0.2, -0.15) is 13.2 Å². The maximum absolute atomic E-state index is 12.9. The summed E-state index contributed by atoms with van der Waals surface area (Å²) in [4.78, 5) is 16.0. The van der Waals surface area contributed by atoms with Crippen molar-refractivity contribution in [3.05, 3.63) is 24.0 Å². The fraction of sp³-hybridized carbons (Fsp3) is 0.625. The van der Waals surface area contributed by atoms with Gasteiger partial charge in [0.15, 0.2) is 0 Å². The van der Waals surface area contributed by atoms with E-state index < -0.39 is 17.3 Å². The topological polar surface area (TPSA) is 63.2 Å². The van der Waals surface area contributed by atoms with Crippen LogP contribution in [0.3, 0.4) is 0 Å². The van der Waals surface area contributed by atoms with Crippen LogP contribution >= 0.6 is 0 Å². The first kappa shape index (κ1) is 17.0. The summed E-state index contributed by atoms with van der Waals surface area (Å²) < 4.78 is 44.1. The zero-order valence-corrected chi connectivity index (χ0v) is 13.5. The van der Waals surface area contributed by atoms with Crippen LogP contribution in [-0.2, 0) is 11.0 Å². The van der Waals surface area contributed by atoms with Crippen molar-refractivity contribution in [2.75, 3.05) is 19.7 Å². The molecule has 5 nitrogen and oxygen atoms in total. The molecule has 1 saturated carbocycles. The molecule has 1 aromatic rings. The normalized spacial score (nSPS) is 26.0. The van der Waals surface area contributed by atoms with Gasteiger partial charge in [0.1, 0.15) is 17.9 Å². The lowest BCUT2D eigenvalue weighted by Gasteiger charge is -2.27. The number of ether oxygens (including phenoxy) is 1. The molecule has 3 atom stereocenters. The van der Waals surface area contributed by atoms with E-state index in [1.165, 1.54) is 0 Å². The summed E-state index contributed by atoms with van der Waals surface area (Å²) in [6.45, 7) is 5.08. The largest absolute Gasteiger partial charge is 0.489 e. The molecule has 2 aliphatic rings. The molecule has 1 aliphatic heterocycles. The number of amides is 1. The van der Waals surface area contributed by atoms with Gasteiger partial charge in [-0.05, 0) is 44.8 Å². The number of fused-ring (bicyclic) bond motifs is 1. The van der Waals surface area contributed by atoms with Crippen LogP contribution in [0, 0.1) is 17.8 Å². The molecule has 2 N–H and O–H groups in total. The van der Waals surface area contributed by atoms with Crippen molar-refractivity contribution in [3.63, 3.8) is 0 Å². The Morgan fingerprint density at radius 3 is 2.67 bits per heavy atom. The minimum atomic E-state index is -4.51. The molecule has 0 spiro atoms. The smallest absolute Gasteiger partial charge is 0.420 e. The summed E-state index contributed by atoms with van der Waals surface area (Å²) in [6, 6.07) is 0.874. The van der Waals surface area contributed by atoms with Gasteiger partial charge in [0.25, 0.3) is 0 Å². The summed E-state index contributed by atoms with van der Waals surface area (Å²) in [5.41, 5.74) is -1.65. The number of carbonyl (C=O) groups excluding carboxylic acids is 1. The molecule has 1 amide bonds. The van der Waals surface area contributed by atoms with E-state index in [0.29, 0.717) is 11.8 Å².